The van der Waals surface area contributed by atoms with Crippen LogP contribution in [0.1, 0.15) is 73.5 Å². The summed E-state index contributed by atoms with van der Waals surface area (Å²) < 4.78 is 36.6. The van der Waals surface area contributed by atoms with E-state index in [0.29, 0.717) is 44.5 Å². The molecule has 3 aromatic heterocycles. The first-order chi connectivity index (χ1) is 17.9. The molecule has 3 aliphatic rings. The standard InChI is InChI=1S/C25H29F2N7O3/c26-22(27)21-19(13-34(31-21)17-4-2-16(14-35)3-5-17)29-24(36)18-12-28-33-9-6-20(30-23(18)33)32-10-11-37-25(15-32)7-1-8-25/h6,9,12-14,16-17,22H,1-5,7-8,10-11,15H2,(H,29,36)/t16-,17-. The van der Waals surface area contributed by atoms with E-state index in [9.17, 15) is 18.4 Å². The Labute approximate surface area is 212 Å². The first-order valence-electron chi connectivity index (χ1n) is 12.8. The molecule has 3 fully saturated rings. The average molecular weight is 514 g/mol. The van der Waals surface area contributed by atoms with Crippen LogP contribution in [-0.2, 0) is 9.53 Å². The highest BCUT2D eigenvalue weighted by atomic mass is 19.3. The largest absolute Gasteiger partial charge is 0.371 e. The molecule has 12 heteroatoms. The van der Waals surface area contributed by atoms with Crippen molar-refractivity contribution < 1.29 is 23.1 Å². The lowest BCUT2D eigenvalue weighted by atomic mass is 9.79. The van der Waals surface area contributed by atoms with Gasteiger partial charge >= 0.3 is 0 Å². The lowest BCUT2D eigenvalue weighted by molar-refractivity contribution is -0.112. The highest BCUT2D eigenvalue weighted by molar-refractivity contribution is 6.08. The van der Waals surface area contributed by atoms with Gasteiger partial charge in [-0.25, -0.2) is 18.3 Å². The van der Waals surface area contributed by atoms with Crippen molar-refractivity contribution >= 4 is 29.3 Å². The molecule has 0 radical (unpaired) electrons. The number of hydrogen-bond acceptors (Lipinski definition) is 7. The van der Waals surface area contributed by atoms with Crippen LogP contribution in [0.3, 0.4) is 0 Å². The first kappa shape index (κ1) is 24.0. The van der Waals surface area contributed by atoms with Crippen LogP contribution in [0.4, 0.5) is 20.3 Å². The van der Waals surface area contributed by atoms with Gasteiger partial charge in [-0.1, -0.05) is 0 Å². The number of halogens is 2. The maximum atomic E-state index is 13.8. The molecule has 196 valence electrons. The summed E-state index contributed by atoms with van der Waals surface area (Å²) in [5.41, 5.74) is -0.0800. The minimum Gasteiger partial charge on any atom is -0.371 e. The maximum Gasteiger partial charge on any atom is 0.284 e. The lowest BCUT2D eigenvalue weighted by Crippen LogP contribution is -2.56. The minimum absolute atomic E-state index is 0.00489. The van der Waals surface area contributed by atoms with E-state index < -0.39 is 18.0 Å². The van der Waals surface area contributed by atoms with Gasteiger partial charge in [-0.05, 0) is 51.0 Å². The van der Waals surface area contributed by atoms with Crippen LogP contribution in [0.25, 0.3) is 5.65 Å². The summed E-state index contributed by atoms with van der Waals surface area (Å²) in [6, 6.07) is 1.77. The number of rotatable bonds is 6. The number of nitrogens with zero attached hydrogens (tertiary/aromatic N) is 6. The van der Waals surface area contributed by atoms with E-state index in [0.717, 1.165) is 37.9 Å². The Morgan fingerprint density at radius 3 is 2.76 bits per heavy atom. The van der Waals surface area contributed by atoms with Crippen molar-refractivity contribution in [3.8, 4) is 0 Å². The number of fused-ring (bicyclic) bond motifs is 1. The van der Waals surface area contributed by atoms with E-state index in [4.69, 9.17) is 9.72 Å². The van der Waals surface area contributed by atoms with E-state index in [1.165, 1.54) is 21.6 Å². The van der Waals surface area contributed by atoms with Crippen LogP contribution in [-0.4, -0.2) is 61.9 Å². The van der Waals surface area contributed by atoms with Crippen molar-refractivity contribution in [3.05, 3.63) is 35.9 Å². The van der Waals surface area contributed by atoms with Gasteiger partial charge in [0.1, 0.15) is 17.7 Å². The van der Waals surface area contributed by atoms with Crippen LogP contribution in [0.15, 0.2) is 24.7 Å². The summed E-state index contributed by atoms with van der Waals surface area (Å²) in [5, 5.41) is 10.9. The lowest BCUT2D eigenvalue weighted by Gasteiger charge is -2.48. The molecular weight excluding hydrogens is 484 g/mol. The average Bonchev–Trinajstić information content (AvgIpc) is 3.52. The van der Waals surface area contributed by atoms with Crippen LogP contribution in [0.2, 0.25) is 0 Å². The fraction of sp³-hybridized carbons (Fsp3) is 0.560. The fourth-order valence-electron chi connectivity index (χ4n) is 5.65. The van der Waals surface area contributed by atoms with E-state index in [1.54, 1.807) is 6.20 Å². The van der Waals surface area contributed by atoms with Gasteiger partial charge in [-0.15, -0.1) is 0 Å². The number of carbonyl (C=O) groups excluding carboxylic acids is 2. The zero-order chi connectivity index (χ0) is 25.6. The molecule has 0 bridgehead atoms. The molecular formula is C25H29F2N7O3. The fourth-order valence-corrected chi connectivity index (χ4v) is 5.65. The third-order valence-corrected chi connectivity index (χ3v) is 7.96. The maximum absolute atomic E-state index is 13.8. The normalized spacial score (nSPS) is 23.4. The van der Waals surface area contributed by atoms with Crippen molar-refractivity contribution in [3.63, 3.8) is 0 Å². The van der Waals surface area contributed by atoms with E-state index in [1.807, 2.05) is 6.07 Å². The molecule has 37 heavy (non-hydrogen) atoms. The molecule has 6 rings (SSSR count). The Morgan fingerprint density at radius 2 is 2.05 bits per heavy atom. The van der Waals surface area contributed by atoms with E-state index in [-0.39, 0.29) is 28.8 Å². The summed E-state index contributed by atoms with van der Waals surface area (Å²) in [6.45, 7) is 2.07. The first-order valence-corrected chi connectivity index (χ1v) is 12.8. The topological polar surface area (TPSA) is 107 Å². The summed E-state index contributed by atoms with van der Waals surface area (Å²) in [6.07, 6.45) is 8.65. The summed E-state index contributed by atoms with van der Waals surface area (Å²) >= 11 is 0. The van der Waals surface area contributed by atoms with Crippen molar-refractivity contribution in [1.82, 2.24) is 24.4 Å². The van der Waals surface area contributed by atoms with Gasteiger partial charge in [0, 0.05) is 31.4 Å². The van der Waals surface area contributed by atoms with Crippen LogP contribution >= 0.6 is 0 Å². The Kier molecular flexibility index (Phi) is 6.13. The molecule has 1 spiro atoms. The van der Waals surface area contributed by atoms with Gasteiger partial charge in [-0.3, -0.25) is 9.48 Å². The Hall–Kier alpha value is -3.41. The van der Waals surface area contributed by atoms with Gasteiger partial charge in [0.2, 0.25) is 0 Å². The Morgan fingerprint density at radius 1 is 1.24 bits per heavy atom. The highest BCUT2D eigenvalue weighted by Gasteiger charge is 2.42. The number of anilines is 2. The molecule has 2 aliphatic carbocycles. The van der Waals surface area contributed by atoms with Gasteiger partial charge in [0.15, 0.2) is 11.3 Å². The number of hydrogen-bond donors (Lipinski definition) is 1. The van der Waals surface area contributed by atoms with Crippen LogP contribution < -0.4 is 10.2 Å². The number of nitrogens with one attached hydrogen (secondary N) is 1. The second kappa shape index (κ2) is 9.47. The smallest absolute Gasteiger partial charge is 0.284 e. The molecule has 1 N–H and O–H groups in total. The summed E-state index contributed by atoms with van der Waals surface area (Å²) in [7, 11) is 0. The third kappa shape index (κ3) is 4.47. The van der Waals surface area contributed by atoms with E-state index in [2.05, 4.69) is 20.4 Å². The molecule has 4 heterocycles. The number of alkyl halides is 2. The Balaban J connectivity index is 1.23. The number of aldehydes is 1. The molecule has 0 unspecified atom stereocenters. The third-order valence-electron chi connectivity index (χ3n) is 7.96. The number of aromatic nitrogens is 5. The molecule has 3 aromatic rings. The predicted octanol–water partition coefficient (Wildman–Crippen LogP) is 3.81. The van der Waals surface area contributed by atoms with Gasteiger partial charge in [0.25, 0.3) is 12.3 Å². The van der Waals surface area contributed by atoms with Crippen molar-refractivity contribution in [2.45, 2.75) is 63.0 Å². The van der Waals surface area contributed by atoms with Gasteiger partial charge < -0.3 is 19.7 Å². The summed E-state index contributed by atoms with van der Waals surface area (Å²) in [5.74, 6) is 0.150. The number of ether oxygens (including phenoxy) is 1. The minimum atomic E-state index is -2.85. The zero-order valence-corrected chi connectivity index (χ0v) is 20.4. The van der Waals surface area contributed by atoms with Gasteiger partial charge in [0.05, 0.1) is 30.1 Å². The molecule has 0 atom stereocenters. The quantitative estimate of drug-likeness (QED) is 0.500. The second-order valence-corrected chi connectivity index (χ2v) is 10.3. The molecule has 10 nitrogen and oxygen atoms in total. The zero-order valence-electron chi connectivity index (χ0n) is 20.4. The van der Waals surface area contributed by atoms with Gasteiger partial charge in [-0.2, -0.15) is 10.2 Å². The molecule has 1 amide bonds. The molecule has 0 aromatic carbocycles. The van der Waals surface area contributed by atoms with E-state index >= 15 is 0 Å². The highest BCUT2D eigenvalue weighted by Crippen LogP contribution is 2.39. The number of carbonyl (C=O) groups is 2. The number of morpholine rings is 1. The van der Waals surface area contributed by atoms with Crippen molar-refractivity contribution in [2.75, 3.05) is 29.9 Å². The molecule has 1 saturated heterocycles. The number of amides is 1. The molecule has 2 saturated carbocycles. The SMILES string of the molecule is O=C[C@H]1CC[C@H](n2cc(NC(=O)c3cnn4ccc(N5CCOC6(CCC6)C5)nc34)c(C(F)F)n2)CC1. The Bertz CT molecular complexity index is 1310. The second-order valence-electron chi connectivity index (χ2n) is 10.3. The summed E-state index contributed by atoms with van der Waals surface area (Å²) in [4.78, 5) is 31.1. The van der Waals surface area contributed by atoms with Crippen LogP contribution in [0.5, 0.6) is 0 Å². The monoisotopic (exact) mass is 513 g/mol. The van der Waals surface area contributed by atoms with Crippen molar-refractivity contribution in [2.24, 2.45) is 5.92 Å². The van der Waals surface area contributed by atoms with Crippen LogP contribution in [0, 0.1) is 5.92 Å². The predicted molar refractivity (Wildman–Crippen MR) is 130 cm³/mol. The molecule has 1 aliphatic heterocycles. The van der Waals surface area contributed by atoms with Crippen molar-refractivity contribution in [1.29, 1.82) is 0 Å².